The number of aliphatic hydroxyl groups is 1. The van der Waals surface area contributed by atoms with Crippen LogP contribution in [0.15, 0.2) is 101 Å². The summed E-state index contributed by atoms with van der Waals surface area (Å²) in [7, 11) is 0. The van der Waals surface area contributed by atoms with Crippen LogP contribution in [0.3, 0.4) is 0 Å². The lowest BCUT2D eigenvalue weighted by Gasteiger charge is -2.24. The summed E-state index contributed by atoms with van der Waals surface area (Å²) >= 11 is 0. The molecular formula is C29H24N2O5. The third-order valence-electron chi connectivity index (χ3n) is 6.06. The lowest BCUT2D eigenvalue weighted by atomic mass is 9.96. The van der Waals surface area contributed by atoms with Crippen LogP contribution in [0.2, 0.25) is 0 Å². The van der Waals surface area contributed by atoms with Crippen molar-refractivity contribution in [2.75, 3.05) is 0 Å². The van der Waals surface area contributed by atoms with Crippen LogP contribution in [-0.2, 0) is 22.7 Å². The fourth-order valence-electron chi connectivity index (χ4n) is 4.33. The summed E-state index contributed by atoms with van der Waals surface area (Å²) in [5.74, 6) is -0.571. The van der Waals surface area contributed by atoms with Crippen molar-refractivity contribution in [1.82, 2.24) is 9.88 Å². The Hall–Kier alpha value is -4.65. The number of carbonyl (C=O) groups is 2. The Morgan fingerprint density at radius 2 is 1.89 bits per heavy atom. The Bertz CT molecular complexity index is 1410. The van der Waals surface area contributed by atoms with Crippen LogP contribution in [-0.4, -0.2) is 26.7 Å². The van der Waals surface area contributed by atoms with Gasteiger partial charge in [-0.2, -0.15) is 0 Å². The first kappa shape index (κ1) is 23.1. The second-order valence-corrected chi connectivity index (χ2v) is 8.59. The lowest BCUT2D eigenvalue weighted by Crippen LogP contribution is -2.29. The molecule has 0 saturated carbocycles. The van der Waals surface area contributed by atoms with E-state index in [0.717, 1.165) is 11.1 Å². The van der Waals surface area contributed by atoms with E-state index >= 15 is 0 Å². The average molecular weight is 481 g/mol. The van der Waals surface area contributed by atoms with Crippen LogP contribution in [0.25, 0.3) is 5.76 Å². The summed E-state index contributed by atoms with van der Waals surface area (Å²) in [6.07, 6.45) is 4.70. The van der Waals surface area contributed by atoms with E-state index in [9.17, 15) is 14.7 Å². The smallest absolute Gasteiger partial charge is 0.296 e. The zero-order valence-corrected chi connectivity index (χ0v) is 19.6. The van der Waals surface area contributed by atoms with Gasteiger partial charge in [0.2, 0.25) is 0 Å². The van der Waals surface area contributed by atoms with Crippen LogP contribution >= 0.6 is 0 Å². The van der Waals surface area contributed by atoms with Crippen LogP contribution in [0, 0.1) is 6.92 Å². The molecule has 7 heteroatoms. The van der Waals surface area contributed by atoms with Crippen LogP contribution in [0.1, 0.15) is 34.1 Å². The predicted molar refractivity (Wildman–Crippen MR) is 133 cm³/mol. The molecule has 1 N–H and O–H groups in total. The number of hydrogen-bond donors (Lipinski definition) is 1. The highest BCUT2D eigenvalue weighted by Gasteiger charge is 2.46. The number of aliphatic hydroxyl groups excluding tert-OH is 1. The number of furan rings is 1. The van der Waals surface area contributed by atoms with Gasteiger partial charge in [0.05, 0.1) is 24.4 Å². The highest BCUT2D eigenvalue weighted by atomic mass is 16.5. The quantitative estimate of drug-likeness (QED) is 0.222. The van der Waals surface area contributed by atoms with Gasteiger partial charge in [-0.3, -0.25) is 14.6 Å². The van der Waals surface area contributed by atoms with Gasteiger partial charge in [0, 0.05) is 18.0 Å². The van der Waals surface area contributed by atoms with Crippen molar-refractivity contribution in [1.29, 1.82) is 0 Å². The fraction of sp³-hybridized carbons (Fsp3) is 0.138. The second kappa shape index (κ2) is 9.92. The number of ether oxygens (including phenoxy) is 1. The number of amides is 1. The number of likely N-dealkylation sites (tertiary alicyclic amines) is 1. The molecule has 180 valence electrons. The Morgan fingerprint density at radius 3 is 2.58 bits per heavy atom. The molecule has 36 heavy (non-hydrogen) atoms. The van der Waals surface area contributed by atoms with Gasteiger partial charge < -0.3 is 19.2 Å². The van der Waals surface area contributed by atoms with Gasteiger partial charge >= 0.3 is 0 Å². The predicted octanol–water partition coefficient (Wildman–Crippen LogP) is 5.18. The maximum absolute atomic E-state index is 13.1. The van der Waals surface area contributed by atoms with Crippen molar-refractivity contribution in [2.45, 2.75) is 26.1 Å². The van der Waals surface area contributed by atoms with Crippen molar-refractivity contribution in [3.8, 4) is 5.75 Å². The van der Waals surface area contributed by atoms with Gasteiger partial charge in [-0.05, 0) is 60.5 Å². The standard InChI is InChI=1S/C29H24N2O5/c1-19-5-2-6-20(15-19)18-36-23-11-9-21(10-12-23)27(32)25-26(22-7-3-13-30-16-22)31(29(34)28(25)33)17-24-8-4-14-35-24/h2-16,26,32H,17-18H2,1H3. The molecule has 1 unspecified atom stereocenters. The van der Waals surface area contributed by atoms with Gasteiger partial charge in [-0.25, -0.2) is 0 Å². The molecule has 1 aliphatic heterocycles. The molecule has 1 saturated heterocycles. The van der Waals surface area contributed by atoms with Crippen molar-refractivity contribution < 1.29 is 23.8 Å². The molecule has 0 bridgehead atoms. The summed E-state index contributed by atoms with van der Waals surface area (Å²) in [6, 6.07) is 21.0. The normalized spacial score (nSPS) is 16.9. The minimum Gasteiger partial charge on any atom is -0.507 e. The van der Waals surface area contributed by atoms with Crippen LogP contribution in [0.5, 0.6) is 5.75 Å². The molecular weight excluding hydrogens is 456 g/mol. The first-order valence-electron chi connectivity index (χ1n) is 11.5. The Labute approximate surface area is 208 Å². The number of aryl methyl sites for hydroxylation is 1. The molecule has 2 aromatic carbocycles. The number of hydrogen-bond acceptors (Lipinski definition) is 6. The fourth-order valence-corrected chi connectivity index (χ4v) is 4.33. The molecule has 0 aliphatic carbocycles. The highest BCUT2D eigenvalue weighted by Crippen LogP contribution is 2.40. The number of ketones is 1. The van der Waals surface area contributed by atoms with Gasteiger partial charge in [0.25, 0.3) is 11.7 Å². The number of rotatable bonds is 7. The Balaban J connectivity index is 1.45. The van der Waals surface area contributed by atoms with Crippen molar-refractivity contribution in [2.24, 2.45) is 0 Å². The molecule has 1 amide bonds. The first-order chi connectivity index (χ1) is 17.5. The number of carbonyl (C=O) groups excluding carboxylic acids is 2. The van der Waals surface area contributed by atoms with E-state index < -0.39 is 17.7 Å². The number of benzene rings is 2. The number of pyridine rings is 1. The van der Waals surface area contributed by atoms with Gasteiger partial charge in [0.15, 0.2) is 0 Å². The zero-order chi connectivity index (χ0) is 25.1. The maximum Gasteiger partial charge on any atom is 0.296 e. The largest absolute Gasteiger partial charge is 0.507 e. The molecule has 7 nitrogen and oxygen atoms in total. The Kier molecular flexibility index (Phi) is 6.36. The van der Waals surface area contributed by atoms with Crippen molar-refractivity contribution >= 4 is 17.4 Å². The third-order valence-corrected chi connectivity index (χ3v) is 6.06. The van der Waals surface area contributed by atoms with E-state index in [-0.39, 0.29) is 17.9 Å². The molecule has 0 radical (unpaired) electrons. The van der Waals surface area contributed by atoms with E-state index in [0.29, 0.717) is 29.2 Å². The SMILES string of the molecule is Cc1cccc(COc2ccc(C(O)=C3C(=O)C(=O)N(Cc4ccco4)C3c3cccnc3)cc2)c1. The molecule has 4 aromatic rings. The van der Waals surface area contributed by atoms with Crippen molar-refractivity contribution in [3.05, 3.63) is 125 Å². The molecule has 1 atom stereocenters. The number of Topliss-reactive ketones (excluding diaryl/α,β-unsaturated/α-hetero) is 1. The molecule has 0 spiro atoms. The Morgan fingerprint density at radius 1 is 1.06 bits per heavy atom. The van der Waals surface area contributed by atoms with Crippen LogP contribution < -0.4 is 4.74 Å². The summed E-state index contributed by atoms with van der Waals surface area (Å²) < 4.78 is 11.3. The monoisotopic (exact) mass is 480 g/mol. The number of nitrogens with zero attached hydrogens (tertiary/aromatic N) is 2. The zero-order valence-electron chi connectivity index (χ0n) is 19.6. The van der Waals surface area contributed by atoms with Gasteiger partial charge in [-0.1, -0.05) is 35.9 Å². The van der Waals surface area contributed by atoms with E-state index in [1.165, 1.54) is 11.2 Å². The van der Waals surface area contributed by atoms with Crippen molar-refractivity contribution in [3.63, 3.8) is 0 Å². The molecule has 1 fully saturated rings. The molecule has 3 heterocycles. The minimum atomic E-state index is -0.805. The highest BCUT2D eigenvalue weighted by molar-refractivity contribution is 6.46. The average Bonchev–Trinajstić information content (AvgIpc) is 3.50. The summed E-state index contributed by atoms with van der Waals surface area (Å²) in [4.78, 5) is 31.7. The van der Waals surface area contributed by atoms with E-state index in [1.807, 2.05) is 25.1 Å². The van der Waals surface area contributed by atoms with E-state index in [4.69, 9.17) is 9.15 Å². The minimum absolute atomic E-state index is 0.00739. The molecule has 5 rings (SSSR count). The van der Waals surface area contributed by atoms with E-state index in [2.05, 4.69) is 11.1 Å². The summed E-state index contributed by atoms with van der Waals surface area (Å²) in [6.45, 7) is 2.52. The van der Waals surface area contributed by atoms with Gasteiger partial charge in [0.1, 0.15) is 23.9 Å². The van der Waals surface area contributed by atoms with Gasteiger partial charge in [-0.15, -0.1) is 0 Å². The lowest BCUT2D eigenvalue weighted by molar-refractivity contribution is -0.140. The summed E-state index contributed by atoms with van der Waals surface area (Å²) in [5.41, 5.74) is 3.23. The topological polar surface area (TPSA) is 92.9 Å². The number of aromatic nitrogens is 1. The first-order valence-corrected chi connectivity index (χ1v) is 11.5. The summed E-state index contributed by atoms with van der Waals surface area (Å²) in [5, 5.41) is 11.2. The second-order valence-electron chi connectivity index (χ2n) is 8.59. The maximum atomic E-state index is 13.1. The third kappa shape index (κ3) is 4.63. The molecule has 1 aliphatic rings. The van der Waals surface area contributed by atoms with Crippen LogP contribution in [0.4, 0.5) is 0 Å². The molecule has 2 aromatic heterocycles. The van der Waals surface area contributed by atoms with E-state index in [1.54, 1.807) is 60.9 Å².